The van der Waals surface area contributed by atoms with Gasteiger partial charge in [-0.2, -0.15) is 44.7 Å². The van der Waals surface area contributed by atoms with Crippen LogP contribution in [0.3, 0.4) is 0 Å². The molecule has 13 heavy (non-hydrogen) atoms. The van der Waals surface area contributed by atoms with Gasteiger partial charge in [-0.1, -0.05) is 0 Å². The van der Waals surface area contributed by atoms with Crippen molar-refractivity contribution in [2.75, 3.05) is 0 Å². The molecule has 0 bridgehead atoms. The molecule has 0 saturated carbocycles. The molecule has 0 rings (SSSR count). The highest BCUT2D eigenvalue weighted by atomic mass is 127. The Hall–Kier alpha value is 2.17. The molecule has 0 fully saturated rings. The Kier molecular flexibility index (Phi) is 12.5. The quantitative estimate of drug-likeness (QED) is 0.290. The zero-order valence-electron chi connectivity index (χ0n) is 8.86. The number of hydrogen-bond acceptors (Lipinski definition) is 0. The molecule has 0 spiro atoms. The van der Waals surface area contributed by atoms with Crippen LogP contribution < -0.4 is 0 Å². The molecule has 0 heterocycles. The highest BCUT2D eigenvalue weighted by Gasteiger charge is 2.24. The van der Waals surface area contributed by atoms with Gasteiger partial charge in [0.1, 0.15) is 5.03 Å². The maximum Gasteiger partial charge on any atom is 0.155 e. The van der Waals surface area contributed by atoms with Crippen LogP contribution in [0.5, 0.6) is 0 Å². The molecule has 0 N–H and O–H groups in total. The minimum absolute atomic E-state index is 0.975. The third-order valence-electron chi connectivity index (χ3n) is 2.76. The van der Waals surface area contributed by atoms with Crippen molar-refractivity contribution in [1.82, 2.24) is 0 Å². The Morgan fingerprint density at radius 2 is 1.69 bits per heavy atom. The summed E-state index contributed by atoms with van der Waals surface area (Å²) >= 11 is 5.05. The lowest BCUT2D eigenvalue weighted by Gasteiger charge is -2.16. The molecular weight excluding hydrogens is 373 g/mol. The Morgan fingerprint density at radius 3 is 2.08 bits per heavy atom. The van der Waals surface area contributed by atoms with Gasteiger partial charge in [0, 0.05) is 41.0 Å². The van der Waals surface area contributed by atoms with Crippen molar-refractivity contribution < 1.29 is 0 Å². The van der Waals surface area contributed by atoms with Crippen molar-refractivity contribution in [3.63, 3.8) is 0 Å². The number of halogens is 2. The maximum atomic E-state index is 2.55. The molecular formula is H11B11I2. The van der Waals surface area contributed by atoms with Crippen LogP contribution in [0.4, 0.5) is 0 Å². The highest BCUT2D eigenvalue weighted by Crippen LogP contribution is 1.90. The van der Waals surface area contributed by atoms with Crippen LogP contribution in [0, 0.1) is 0 Å². The molecule has 0 nitrogen and oxygen atoms in total. The minimum atomic E-state index is 0.975. The summed E-state index contributed by atoms with van der Waals surface area (Å²) in [5.41, 5.74) is 0. The topological polar surface area (TPSA) is 0 Å². The molecule has 0 amide bonds. The number of hydrogen-bond donors (Lipinski definition) is 0. The van der Waals surface area contributed by atoms with E-state index in [0.717, 1.165) is 12.8 Å². The van der Waals surface area contributed by atoms with Crippen LogP contribution in [0.2, 0.25) is 0 Å². The van der Waals surface area contributed by atoms with Gasteiger partial charge >= 0.3 is 0 Å². The van der Waals surface area contributed by atoms with E-state index >= 15 is 0 Å². The lowest BCUT2D eigenvalue weighted by Crippen LogP contribution is -2.56. The summed E-state index contributed by atoms with van der Waals surface area (Å²) in [6, 6.07) is 0. The van der Waals surface area contributed by atoms with E-state index in [9.17, 15) is 0 Å². The molecule has 0 unspecified atom stereocenters. The first-order chi connectivity index (χ1) is 6.29. The zero-order valence-corrected chi connectivity index (χ0v) is 13.2. The van der Waals surface area contributed by atoms with E-state index < -0.39 is 0 Å². The monoisotopic (exact) mass is 386 g/mol. The van der Waals surface area contributed by atoms with Crippen LogP contribution in [0.15, 0.2) is 0 Å². The summed E-state index contributed by atoms with van der Waals surface area (Å²) in [7, 11) is 11.7. The maximum absolute atomic E-state index is 2.55. The largest absolute Gasteiger partial charge is 0.167 e. The molecule has 0 atom stereocenters. The zero-order chi connectivity index (χ0) is 10.1. The average molecular weight is 384 g/mol. The molecule has 0 radical (unpaired) electrons. The average Bonchev–Trinajstić information content (AvgIpc) is 2.16. The van der Waals surface area contributed by atoms with Gasteiger partial charge in [-0.05, 0) is 0 Å². The van der Waals surface area contributed by atoms with E-state index in [1.165, 1.54) is 45.4 Å². The first-order valence-electron chi connectivity index (χ1n) is 5.42. The first-order valence-corrected chi connectivity index (χ1v) is 8.47. The van der Waals surface area contributed by atoms with Gasteiger partial charge in [0.05, 0.1) is 22.5 Å². The molecule has 0 aliphatic heterocycles. The van der Waals surface area contributed by atoms with Gasteiger partial charge in [0.25, 0.3) is 0 Å². The lowest BCUT2D eigenvalue weighted by molar-refractivity contribution is 3.58. The van der Waals surface area contributed by atoms with Crippen LogP contribution in [-0.4, -0.2) is 73.6 Å². The second kappa shape index (κ2) is 10.7. The fourth-order valence-electron chi connectivity index (χ4n) is 1.89. The Bertz CT molecular complexity index is 100. The van der Waals surface area contributed by atoms with E-state index in [0.29, 0.717) is 0 Å². The van der Waals surface area contributed by atoms with Crippen molar-refractivity contribution in [3.05, 3.63) is 0 Å². The van der Waals surface area contributed by atoms with Gasteiger partial charge in [0.2, 0.25) is 0 Å². The fourth-order valence-corrected chi connectivity index (χ4v) is 3.68. The van der Waals surface area contributed by atoms with E-state index in [-0.39, 0.29) is 0 Å². The second-order valence-corrected chi connectivity index (χ2v) is 5.66. The van der Waals surface area contributed by atoms with Crippen LogP contribution in [0.1, 0.15) is 0 Å². The summed E-state index contributed by atoms with van der Waals surface area (Å²) in [4.78, 5) is 0. The molecule has 0 saturated heterocycles. The SMILES string of the molecule is BBBB(BBBI)B(BB)BI. The van der Waals surface area contributed by atoms with E-state index in [4.69, 9.17) is 0 Å². The van der Waals surface area contributed by atoms with Gasteiger partial charge in [-0.25, -0.2) is 0 Å². The Labute approximate surface area is 117 Å². The smallest absolute Gasteiger partial charge is 0.155 e. The number of rotatable bonds is 8. The third-order valence-corrected chi connectivity index (χ3v) is 4.65. The van der Waals surface area contributed by atoms with Crippen molar-refractivity contribution in [1.29, 1.82) is 0 Å². The molecule has 0 aromatic heterocycles. The predicted octanol–water partition coefficient (Wildman–Crippen LogP) is -5.36. The molecule has 0 aliphatic rings. The van der Waals surface area contributed by atoms with Crippen molar-refractivity contribution in [3.8, 4) is 0 Å². The molecule has 58 valence electrons. The van der Waals surface area contributed by atoms with Gasteiger partial charge in [-0.15, -0.1) is 0 Å². The van der Waals surface area contributed by atoms with E-state index in [1.54, 1.807) is 0 Å². The first kappa shape index (κ1) is 15.2. The summed E-state index contributed by atoms with van der Waals surface area (Å²) in [5.74, 6) is 0. The van der Waals surface area contributed by atoms with Crippen LogP contribution in [-0.2, 0) is 0 Å². The van der Waals surface area contributed by atoms with Crippen molar-refractivity contribution >= 4 is 118 Å². The van der Waals surface area contributed by atoms with Crippen molar-refractivity contribution in [2.45, 2.75) is 0 Å². The Morgan fingerprint density at radius 1 is 1.00 bits per heavy atom. The van der Waals surface area contributed by atoms with E-state index in [1.807, 2.05) is 0 Å². The minimum Gasteiger partial charge on any atom is -0.167 e. The normalized spacial score (nSPS) is 7.85. The van der Waals surface area contributed by atoms with Crippen LogP contribution in [0.25, 0.3) is 0 Å². The van der Waals surface area contributed by atoms with Gasteiger partial charge in [-0.3, -0.25) is 0 Å². The van der Waals surface area contributed by atoms with Gasteiger partial charge < -0.3 is 0 Å². The predicted molar refractivity (Wildman–Crippen MR) is 107 cm³/mol. The molecule has 0 aliphatic carbocycles. The summed E-state index contributed by atoms with van der Waals surface area (Å²) in [5, 5.41) is 2.68. The standard InChI is InChI=1S/B11H11I2/c1-3-6-11(7-5-8-12)10(4-2)9-13/h3-9H,1-2H2. The van der Waals surface area contributed by atoms with E-state index in [2.05, 4.69) is 60.2 Å². The van der Waals surface area contributed by atoms with Crippen LogP contribution >= 0.6 is 44.7 Å². The fraction of sp³-hybridized carbons (Fsp3) is 0. The third kappa shape index (κ3) is 7.12. The van der Waals surface area contributed by atoms with Gasteiger partial charge in [0.15, 0.2) is 5.03 Å². The highest BCUT2D eigenvalue weighted by molar-refractivity contribution is 14.1. The van der Waals surface area contributed by atoms with Crippen molar-refractivity contribution in [2.24, 2.45) is 0 Å². The molecule has 0 aromatic rings. The second-order valence-electron chi connectivity index (χ2n) is 3.70. The Balaban J connectivity index is 3.88. The summed E-state index contributed by atoms with van der Waals surface area (Å²) < 4.78 is 0. The molecule has 0 aromatic carbocycles. The summed E-state index contributed by atoms with van der Waals surface area (Å²) in [6.45, 7) is 0. The molecule has 13 heteroatoms. The lowest BCUT2D eigenvalue weighted by atomic mass is 8.65. The summed E-state index contributed by atoms with van der Waals surface area (Å²) in [6.07, 6.45) is 1.98.